The molecule has 0 saturated heterocycles. The Hall–Kier alpha value is -3.11. The number of nitrogen functional groups attached to an aromatic ring is 1. The van der Waals surface area contributed by atoms with Crippen LogP contribution >= 0.6 is 23.4 Å². The van der Waals surface area contributed by atoms with Gasteiger partial charge < -0.3 is 11.2 Å². The normalized spacial score (nSPS) is 11.3. The SMILES string of the molecule is C/C(=N\Nc1nnc(SCC(=O)Nc2cccc(Cl)c2)n1N)c1ccc(F)cc1. The van der Waals surface area contributed by atoms with Crippen LogP contribution in [0, 0.1) is 5.82 Å². The van der Waals surface area contributed by atoms with E-state index in [0.717, 1.165) is 17.3 Å². The van der Waals surface area contributed by atoms with Crippen LogP contribution < -0.4 is 16.6 Å². The van der Waals surface area contributed by atoms with Crippen molar-refractivity contribution in [3.63, 3.8) is 0 Å². The van der Waals surface area contributed by atoms with Gasteiger partial charge in [0.25, 0.3) is 5.95 Å². The molecule has 29 heavy (non-hydrogen) atoms. The maximum Gasteiger partial charge on any atom is 0.264 e. The molecular weight excluding hydrogens is 417 g/mol. The predicted octanol–water partition coefficient (Wildman–Crippen LogP) is 3.35. The van der Waals surface area contributed by atoms with E-state index in [9.17, 15) is 9.18 Å². The molecule has 8 nitrogen and oxygen atoms in total. The van der Waals surface area contributed by atoms with E-state index >= 15 is 0 Å². The minimum absolute atomic E-state index is 0.0831. The van der Waals surface area contributed by atoms with Gasteiger partial charge in [0.15, 0.2) is 0 Å². The lowest BCUT2D eigenvalue weighted by Gasteiger charge is -2.06. The van der Waals surface area contributed by atoms with Gasteiger partial charge in [0.1, 0.15) is 5.82 Å². The number of hydrogen-bond acceptors (Lipinski definition) is 7. The van der Waals surface area contributed by atoms with E-state index in [1.54, 1.807) is 43.3 Å². The van der Waals surface area contributed by atoms with Crippen LogP contribution in [0.25, 0.3) is 0 Å². The van der Waals surface area contributed by atoms with Crippen molar-refractivity contribution >= 4 is 46.6 Å². The van der Waals surface area contributed by atoms with Crippen LogP contribution in [-0.2, 0) is 4.79 Å². The minimum atomic E-state index is -0.322. The molecule has 1 heterocycles. The molecule has 1 amide bonds. The number of thioether (sulfide) groups is 1. The molecule has 2 aromatic carbocycles. The van der Waals surface area contributed by atoms with Crippen molar-refractivity contribution in [1.82, 2.24) is 14.9 Å². The van der Waals surface area contributed by atoms with E-state index in [0.29, 0.717) is 21.6 Å². The molecule has 0 atom stereocenters. The fourth-order valence-electron chi connectivity index (χ4n) is 2.23. The van der Waals surface area contributed by atoms with Gasteiger partial charge in [0.2, 0.25) is 11.1 Å². The first-order valence-corrected chi connectivity index (χ1v) is 9.73. The average molecular weight is 434 g/mol. The Morgan fingerprint density at radius 1 is 1.28 bits per heavy atom. The highest BCUT2D eigenvalue weighted by molar-refractivity contribution is 7.99. The van der Waals surface area contributed by atoms with Gasteiger partial charge in [-0.1, -0.05) is 41.6 Å². The third-order valence-corrected chi connectivity index (χ3v) is 4.87. The lowest BCUT2D eigenvalue weighted by Crippen LogP contribution is -2.17. The summed E-state index contributed by atoms with van der Waals surface area (Å²) in [5, 5.41) is 15.6. The number of nitrogens with zero attached hydrogens (tertiary/aromatic N) is 4. The van der Waals surface area contributed by atoms with Crippen molar-refractivity contribution in [1.29, 1.82) is 0 Å². The smallest absolute Gasteiger partial charge is 0.264 e. The summed E-state index contributed by atoms with van der Waals surface area (Å²) in [7, 11) is 0. The predicted molar refractivity (Wildman–Crippen MR) is 113 cm³/mol. The highest BCUT2D eigenvalue weighted by Gasteiger charge is 2.12. The fourth-order valence-corrected chi connectivity index (χ4v) is 3.08. The number of nitrogens with two attached hydrogens (primary N) is 1. The van der Waals surface area contributed by atoms with Crippen LogP contribution in [-0.4, -0.2) is 32.2 Å². The molecule has 0 spiro atoms. The quantitative estimate of drug-likeness (QED) is 0.228. The third kappa shape index (κ3) is 5.69. The maximum atomic E-state index is 13.0. The highest BCUT2D eigenvalue weighted by Crippen LogP contribution is 2.19. The lowest BCUT2D eigenvalue weighted by atomic mass is 10.1. The van der Waals surface area contributed by atoms with E-state index in [2.05, 4.69) is 26.0 Å². The number of halogens is 2. The van der Waals surface area contributed by atoms with Gasteiger partial charge in [-0.3, -0.25) is 4.79 Å². The van der Waals surface area contributed by atoms with Gasteiger partial charge in [-0.05, 0) is 42.8 Å². The van der Waals surface area contributed by atoms with Crippen LogP contribution in [0.3, 0.4) is 0 Å². The molecule has 1 aromatic heterocycles. The fraction of sp³-hybridized carbons (Fsp3) is 0.111. The Morgan fingerprint density at radius 2 is 2.03 bits per heavy atom. The zero-order valence-corrected chi connectivity index (χ0v) is 16.8. The molecule has 3 aromatic rings. The van der Waals surface area contributed by atoms with Gasteiger partial charge in [-0.15, -0.1) is 10.2 Å². The number of hydrazone groups is 1. The number of rotatable bonds is 7. The summed E-state index contributed by atoms with van der Waals surface area (Å²) in [5.41, 5.74) is 4.67. The molecule has 3 rings (SSSR count). The molecule has 11 heteroatoms. The standard InChI is InChI=1S/C18H17ClFN7OS/c1-11(12-5-7-14(20)8-6-12)23-24-17-25-26-18(27(17)21)29-10-16(28)22-15-4-2-3-13(19)9-15/h2-9H,10,21H2,1H3,(H,22,28)(H,24,25)/b23-11+. The van der Waals surface area contributed by atoms with Crippen LogP contribution in [0.2, 0.25) is 5.02 Å². The van der Waals surface area contributed by atoms with Crippen molar-refractivity contribution in [2.45, 2.75) is 12.1 Å². The van der Waals surface area contributed by atoms with Crippen molar-refractivity contribution < 1.29 is 9.18 Å². The highest BCUT2D eigenvalue weighted by atomic mass is 35.5. The van der Waals surface area contributed by atoms with Crippen molar-refractivity contribution in [3.05, 3.63) is 64.9 Å². The number of nitrogens with one attached hydrogen (secondary N) is 2. The zero-order chi connectivity index (χ0) is 20.8. The van der Waals surface area contributed by atoms with Crippen LogP contribution in [0.15, 0.2) is 58.8 Å². The Morgan fingerprint density at radius 3 is 2.76 bits per heavy atom. The molecule has 4 N–H and O–H groups in total. The summed E-state index contributed by atoms with van der Waals surface area (Å²) in [6, 6.07) is 12.8. The first-order chi connectivity index (χ1) is 13.9. The monoisotopic (exact) mass is 433 g/mol. The molecule has 0 radical (unpaired) electrons. The average Bonchev–Trinajstić information content (AvgIpc) is 3.04. The molecule has 0 bridgehead atoms. The van der Waals surface area contributed by atoms with Crippen LogP contribution in [0.4, 0.5) is 16.0 Å². The molecule has 150 valence electrons. The number of benzene rings is 2. The van der Waals surface area contributed by atoms with Gasteiger partial charge in [0, 0.05) is 10.7 Å². The molecule has 0 aliphatic rings. The van der Waals surface area contributed by atoms with Gasteiger partial charge in [-0.2, -0.15) is 5.10 Å². The number of hydrogen-bond donors (Lipinski definition) is 3. The lowest BCUT2D eigenvalue weighted by molar-refractivity contribution is -0.113. The Bertz CT molecular complexity index is 1040. The molecule has 0 aliphatic heterocycles. The summed E-state index contributed by atoms with van der Waals surface area (Å²) < 4.78 is 14.2. The van der Waals surface area contributed by atoms with E-state index in [1.807, 2.05) is 0 Å². The largest absolute Gasteiger partial charge is 0.334 e. The first-order valence-electron chi connectivity index (χ1n) is 8.37. The molecule has 0 aliphatic carbocycles. The molecule has 0 fully saturated rings. The number of anilines is 2. The first kappa shape index (κ1) is 20.6. The summed E-state index contributed by atoms with van der Waals surface area (Å²) >= 11 is 7.01. The molecule has 0 unspecified atom stereocenters. The van der Waals surface area contributed by atoms with Crippen molar-refractivity contribution in [3.8, 4) is 0 Å². The number of carbonyl (C=O) groups is 1. The minimum Gasteiger partial charge on any atom is -0.334 e. The summed E-state index contributed by atoms with van der Waals surface area (Å²) in [6.07, 6.45) is 0. The second-order valence-electron chi connectivity index (χ2n) is 5.84. The second-order valence-corrected chi connectivity index (χ2v) is 7.22. The van der Waals surface area contributed by atoms with Crippen molar-refractivity contribution in [2.75, 3.05) is 22.3 Å². The van der Waals surface area contributed by atoms with E-state index in [4.69, 9.17) is 17.4 Å². The molecular formula is C18H17ClFN7OS. The second kappa shape index (κ2) is 9.39. The number of amides is 1. The Balaban J connectivity index is 1.57. The third-order valence-electron chi connectivity index (χ3n) is 3.69. The maximum absolute atomic E-state index is 13.0. The summed E-state index contributed by atoms with van der Waals surface area (Å²) in [4.78, 5) is 12.1. The number of carbonyl (C=O) groups excluding carboxylic acids is 1. The van der Waals surface area contributed by atoms with E-state index in [-0.39, 0.29) is 23.4 Å². The molecule has 0 saturated carbocycles. The van der Waals surface area contributed by atoms with Gasteiger partial charge in [0.05, 0.1) is 11.5 Å². The summed E-state index contributed by atoms with van der Waals surface area (Å²) in [5.74, 6) is 5.67. The zero-order valence-electron chi connectivity index (χ0n) is 15.3. The topological polar surface area (TPSA) is 110 Å². The van der Waals surface area contributed by atoms with Gasteiger partial charge in [-0.25, -0.2) is 14.5 Å². The van der Waals surface area contributed by atoms with Crippen LogP contribution in [0.5, 0.6) is 0 Å². The van der Waals surface area contributed by atoms with Crippen LogP contribution in [0.1, 0.15) is 12.5 Å². The van der Waals surface area contributed by atoms with E-state index in [1.165, 1.54) is 16.8 Å². The Labute approximate surface area is 175 Å². The number of aromatic nitrogens is 3. The van der Waals surface area contributed by atoms with Crippen molar-refractivity contribution in [2.24, 2.45) is 5.10 Å². The summed E-state index contributed by atoms with van der Waals surface area (Å²) in [6.45, 7) is 1.76. The van der Waals surface area contributed by atoms with Gasteiger partial charge >= 0.3 is 0 Å². The Kier molecular flexibility index (Phi) is 6.68. The van der Waals surface area contributed by atoms with E-state index < -0.39 is 0 Å².